The van der Waals surface area contributed by atoms with Crippen LogP contribution < -0.4 is 10.1 Å². The quantitative estimate of drug-likeness (QED) is 0.789. The lowest BCUT2D eigenvalue weighted by molar-refractivity contribution is 0.0116. The number of nitrogens with one attached hydrogen (secondary N) is 1. The van der Waals surface area contributed by atoms with E-state index in [0.29, 0.717) is 11.3 Å². The van der Waals surface area contributed by atoms with Gasteiger partial charge in [0.05, 0.1) is 12.7 Å². The van der Waals surface area contributed by atoms with Crippen molar-refractivity contribution >= 4 is 0 Å². The van der Waals surface area contributed by atoms with E-state index in [4.69, 9.17) is 9.47 Å². The van der Waals surface area contributed by atoms with Gasteiger partial charge in [-0.2, -0.15) is 0 Å². The van der Waals surface area contributed by atoms with E-state index in [9.17, 15) is 4.39 Å². The largest absolute Gasteiger partial charge is 0.497 e. The van der Waals surface area contributed by atoms with Crippen molar-refractivity contribution in [2.45, 2.75) is 45.3 Å². The number of ether oxygens (including phenoxy) is 2. The highest BCUT2D eigenvalue weighted by atomic mass is 19.1. The molecule has 1 unspecified atom stereocenters. The van der Waals surface area contributed by atoms with Crippen LogP contribution in [0.1, 0.15) is 45.2 Å². The van der Waals surface area contributed by atoms with Crippen LogP contribution in [0.5, 0.6) is 5.75 Å². The van der Waals surface area contributed by atoms with Gasteiger partial charge in [0.1, 0.15) is 11.6 Å². The van der Waals surface area contributed by atoms with Gasteiger partial charge in [-0.3, -0.25) is 0 Å². The van der Waals surface area contributed by atoms with Crippen LogP contribution in [-0.4, -0.2) is 26.4 Å². The molecule has 0 amide bonds. The molecule has 0 heterocycles. The van der Waals surface area contributed by atoms with Gasteiger partial charge in [0.15, 0.2) is 0 Å². The molecule has 114 valence electrons. The Morgan fingerprint density at radius 3 is 2.50 bits per heavy atom. The Hall–Kier alpha value is -1.13. The molecule has 4 heteroatoms. The van der Waals surface area contributed by atoms with Crippen LogP contribution >= 0.6 is 0 Å². The van der Waals surface area contributed by atoms with Crippen LogP contribution in [0.3, 0.4) is 0 Å². The smallest absolute Gasteiger partial charge is 0.131 e. The van der Waals surface area contributed by atoms with Crippen molar-refractivity contribution < 1.29 is 13.9 Å². The zero-order valence-corrected chi connectivity index (χ0v) is 13.1. The summed E-state index contributed by atoms with van der Waals surface area (Å²) >= 11 is 0. The highest BCUT2D eigenvalue weighted by molar-refractivity contribution is 5.30. The van der Waals surface area contributed by atoms with E-state index in [1.54, 1.807) is 19.2 Å². The standard InChI is InChI=1S/C16H26FNO2/c1-6-18-15(9-10-16(2,3)20-5)13-8-7-12(19-4)11-14(13)17/h7-8,11,15,18H,6,9-10H2,1-5H3. The highest BCUT2D eigenvalue weighted by Crippen LogP contribution is 2.28. The first kappa shape index (κ1) is 16.9. The molecule has 0 aliphatic heterocycles. The van der Waals surface area contributed by atoms with Crippen LogP contribution in [-0.2, 0) is 4.74 Å². The number of hydrogen-bond donors (Lipinski definition) is 1. The second-order valence-electron chi connectivity index (χ2n) is 5.50. The van der Waals surface area contributed by atoms with Crippen molar-refractivity contribution in [3.05, 3.63) is 29.6 Å². The zero-order valence-electron chi connectivity index (χ0n) is 13.1. The molecule has 0 saturated carbocycles. The molecule has 0 spiro atoms. The van der Waals surface area contributed by atoms with E-state index in [2.05, 4.69) is 5.32 Å². The van der Waals surface area contributed by atoms with Gasteiger partial charge in [-0.1, -0.05) is 13.0 Å². The first-order chi connectivity index (χ1) is 9.43. The molecule has 0 aliphatic rings. The normalized spacial score (nSPS) is 13.3. The van der Waals surface area contributed by atoms with Crippen molar-refractivity contribution in [2.75, 3.05) is 20.8 Å². The lowest BCUT2D eigenvalue weighted by Crippen LogP contribution is -2.27. The summed E-state index contributed by atoms with van der Waals surface area (Å²) in [6, 6.07) is 5.01. The Balaban J connectivity index is 2.85. The molecule has 0 radical (unpaired) electrons. The second kappa shape index (κ2) is 7.60. The monoisotopic (exact) mass is 283 g/mol. The third kappa shape index (κ3) is 4.76. The Morgan fingerprint density at radius 1 is 1.30 bits per heavy atom. The molecule has 1 N–H and O–H groups in total. The Bertz CT molecular complexity index is 421. The van der Waals surface area contributed by atoms with Gasteiger partial charge in [-0.15, -0.1) is 0 Å². The van der Waals surface area contributed by atoms with Crippen LogP contribution in [0.15, 0.2) is 18.2 Å². The summed E-state index contributed by atoms with van der Waals surface area (Å²) in [5.41, 5.74) is 0.482. The number of rotatable bonds is 8. The van der Waals surface area contributed by atoms with Crippen molar-refractivity contribution in [3.8, 4) is 5.75 Å². The van der Waals surface area contributed by atoms with E-state index in [1.165, 1.54) is 13.2 Å². The topological polar surface area (TPSA) is 30.5 Å². The molecule has 0 aliphatic carbocycles. The van der Waals surface area contributed by atoms with Gasteiger partial charge < -0.3 is 14.8 Å². The minimum Gasteiger partial charge on any atom is -0.497 e. The average molecular weight is 283 g/mol. The van der Waals surface area contributed by atoms with E-state index < -0.39 is 0 Å². The highest BCUT2D eigenvalue weighted by Gasteiger charge is 2.21. The van der Waals surface area contributed by atoms with Crippen molar-refractivity contribution in [3.63, 3.8) is 0 Å². The summed E-state index contributed by atoms with van der Waals surface area (Å²) in [5, 5.41) is 3.34. The summed E-state index contributed by atoms with van der Waals surface area (Å²) in [5.74, 6) is 0.309. The number of hydrogen-bond acceptors (Lipinski definition) is 3. The first-order valence-electron chi connectivity index (χ1n) is 7.05. The molecule has 1 atom stereocenters. The minimum atomic E-state index is -0.231. The second-order valence-corrected chi connectivity index (χ2v) is 5.50. The van der Waals surface area contributed by atoms with Crippen LogP contribution in [0, 0.1) is 5.82 Å². The average Bonchev–Trinajstić information content (AvgIpc) is 2.43. The summed E-state index contributed by atoms with van der Waals surface area (Å²) in [7, 11) is 3.24. The SMILES string of the molecule is CCNC(CCC(C)(C)OC)c1ccc(OC)cc1F. The predicted octanol–water partition coefficient (Wildman–Crippen LogP) is 3.69. The fourth-order valence-electron chi connectivity index (χ4n) is 2.13. The van der Waals surface area contributed by atoms with Crippen LogP contribution in [0.2, 0.25) is 0 Å². The number of benzene rings is 1. The lowest BCUT2D eigenvalue weighted by atomic mass is 9.94. The molecular formula is C16H26FNO2. The zero-order chi connectivity index (χ0) is 15.2. The molecule has 0 fully saturated rings. The van der Waals surface area contributed by atoms with E-state index in [-0.39, 0.29) is 17.5 Å². The fourth-order valence-corrected chi connectivity index (χ4v) is 2.13. The molecule has 0 aromatic heterocycles. The van der Waals surface area contributed by atoms with Gasteiger partial charge in [0.25, 0.3) is 0 Å². The minimum absolute atomic E-state index is 0.0136. The van der Waals surface area contributed by atoms with E-state index in [1.807, 2.05) is 20.8 Å². The maximum atomic E-state index is 14.2. The molecular weight excluding hydrogens is 257 g/mol. The molecule has 20 heavy (non-hydrogen) atoms. The molecule has 0 bridgehead atoms. The fraction of sp³-hybridized carbons (Fsp3) is 0.625. The Morgan fingerprint density at radius 2 is 2.00 bits per heavy atom. The van der Waals surface area contributed by atoms with Crippen molar-refractivity contribution in [1.29, 1.82) is 0 Å². The first-order valence-corrected chi connectivity index (χ1v) is 7.05. The third-order valence-electron chi connectivity index (χ3n) is 3.62. The van der Waals surface area contributed by atoms with Gasteiger partial charge in [0, 0.05) is 24.8 Å². The molecule has 1 aromatic carbocycles. The summed E-state index contributed by atoms with van der Waals surface area (Å²) in [6.45, 7) is 6.90. The summed E-state index contributed by atoms with van der Waals surface area (Å²) in [6.07, 6.45) is 1.67. The van der Waals surface area contributed by atoms with Crippen LogP contribution in [0.25, 0.3) is 0 Å². The molecule has 1 rings (SSSR count). The summed E-state index contributed by atoms with van der Waals surface area (Å²) in [4.78, 5) is 0. The third-order valence-corrected chi connectivity index (χ3v) is 3.62. The van der Waals surface area contributed by atoms with E-state index >= 15 is 0 Å². The van der Waals surface area contributed by atoms with Gasteiger partial charge in [-0.25, -0.2) is 4.39 Å². The maximum absolute atomic E-state index is 14.2. The Kier molecular flexibility index (Phi) is 6.43. The van der Waals surface area contributed by atoms with Crippen molar-refractivity contribution in [2.24, 2.45) is 0 Å². The molecule has 1 aromatic rings. The van der Waals surface area contributed by atoms with Gasteiger partial charge >= 0.3 is 0 Å². The van der Waals surface area contributed by atoms with Crippen molar-refractivity contribution in [1.82, 2.24) is 5.32 Å². The summed E-state index contributed by atoms with van der Waals surface area (Å²) < 4.78 is 24.6. The predicted molar refractivity (Wildman–Crippen MR) is 79.7 cm³/mol. The number of halogens is 1. The molecule has 3 nitrogen and oxygen atoms in total. The van der Waals surface area contributed by atoms with Gasteiger partial charge in [-0.05, 0) is 39.3 Å². The van der Waals surface area contributed by atoms with Crippen LogP contribution in [0.4, 0.5) is 4.39 Å². The Labute approximate surface area is 121 Å². The molecule has 0 saturated heterocycles. The van der Waals surface area contributed by atoms with Gasteiger partial charge in [0.2, 0.25) is 0 Å². The van der Waals surface area contributed by atoms with E-state index in [0.717, 1.165) is 19.4 Å². The maximum Gasteiger partial charge on any atom is 0.131 e. The number of methoxy groups -OCH3 is 2. The lowest BCUT2D eigenvalue weighted by Gasteiger charge is -2.26.